The van der Waals surface area contributed by atoms with Gasteiger partial charge in [-0.05, 0) is 44.4 Å². The zero-order valence-corrected chi connectivity index (χ0v) is 12.6. The molecule has 20 heavy (non-hydrogen) atoms. The van der Waals surface area contributed by atoms with Crippen LogP contribution in [0.1, 0.15) is 45.4 Å². The average molecular weight is 280 g/mol. The minimum absolute atomic E-state index is 0.0340. The standard InChI is InChI=1S/C16H28N2O2/c1-2-20-16(19)15-11-17-8-9-18(15)14-5-3-4-13(10-14)12-6-7-12/h12-15,17H,2-11H2,1H3. The molecule has 1 aliphatic heterocycles. The van der Waals surface area contributed by atoms with Gasteiger partial charge < -0.3 is 10.1 Å². The average Bonchev–Trinajstić information content (AvgIpc) is 3.32. The molecule has 3 atom stereocenters. The van der Waals surface area contributed by atoms with Crippen LogP contribution in [0.3, 0.4) is 0 Å². The second-order valence-corrected chi connectivity index (χ2v) is 6.63. The molecule has 3 rings (SSSR count). The summed E-state index contributed by atoms with van der Waals surface area (Å²) in [7, 11) is 0. The summed E-state index contributed by atoms with van der Waals surface area (Å²) >= 11 is 0. The lowest BCUT2D eigenvalue weighted by atomic mass is 9.81. The van der Waals surface area contributed by atoms with Crippen LogP contribution >= 0.6 is 0 Å². The van der Waals surface area contributed by atoms with Crippen LogP contribution in [0.2, 0.25) is 0 Å². The molecule has 1 N–H and O–H groups in total. The Kier molecular flexibility index (Phi) is 4.61. The van der Waals surface area contributed by atoms with Gasteiger partial charge in [0.1, 0.15) is 6.04 Å². The van der Waals surface area contributed by atoms with Gasteiger partial charge in [-0.3, -0.25) is 9.69 Å². The van der Waals surface area contributed by atoms with Gasteiger partial charge in [0, 0.05) is 25.7 Å². The molecule has 0 aromatic carbocycles. The Hall–Kier alpha value is -0.610. The van der Waals surface area contributed by atoms with Crippen molar-refractivity contribution in [3.63, 3.8) is 0 Å². The van der Waals surface area contributed by atoms with Gasteiger partial charge in [-0.1, -0.05) is 12.8 Å². The molecule has 1 heterocycles. The molecule has 3 fully saturated rings. The summed E-state index contributed by atoms with van der Waals surface area (Å²) in [5, 5.41) is 3.35. The van der Waals surface area contributed by atoms with Crippen molar-refractivity contribution in [2.24, 2.45) is 11.8 Å². The predicted molar refractivity (Wildman–Crippen MR) is 78.5 cm³/mol. The third-order valence-corrected chi connectivity index (χ3v) is 5.29. The van der Waals surface area contributed by atoms with E-state index in [-0.39, 0.29) is 12.0 Å². The van der Waals surface area contributed by atoms with Gasteiger partial charge in [-0.25, -0.2) is 0 Å². The molecule has 0 spiro atoms. The normalized spacial score (nSPS) is 35.8. The van der Waals surface area contributed by atoms with Crippen molar-refractivity contribution >= 4 is 5.97 Å². The van der Waals surface area contributed by atoms with E-state index in [1.807, 2.05) is 6.92 Å². The largest absolute Gasteiger partial charge is 0.465 e. The van der Waals surface area contributed by atoms with Gasteiger partial charge in [0.2, 0.25) is 0 Å². The van der Waals surface area contributed by atoms with Crippen molar-refractivity contribution in [2.45, 2.75) is 57.5 Å². The summed E-state index contributed by atoms with van der Waals surface area (Å²) in [6, 6.07) is 0.539. The predicted octanol–water partition coefficient (Wildman–Crippen LogP) is 1.79. The van der Waals surface area contributed by atoms with Crippen LogP contribution in [-0.4, -0.2) is 49.2 Å². The van der Waals surface area contributed by atoms with Crippen LogP contribution in [0.4, 0.5) is 0 Å². The van der Waals surface area contributed by atoms with Crippen molar-refractivity contribution in [3.8, 4) is 0 Å². The lowest BCUT2D eigenvalue weighted by Gasteiger charge is -2.43. The van der Waals surface area contributed by atoms with E-state index >= 15 is 0 Å². The van der Waals surface area contributed by atoms with Crippen molar-refractivity contribution < 1.29 is 9.53 Å². The van der Waals surface area contributed by atoms with Crippen LogP contribution in [0.15, 0.2) is 0 Å². The van der Waals surface area contributed by atoms with Gasteiger partial charge in [-0.15, -0.1) is 0 Å². The Morgan fingerprint density at radius 2 is 2.10 bits per heavy atom. The van der Waals surface area contributed by atoms with Crippen LogP contribution in [0.25, 0.3) is 0 Å². The number of carbonyl (C=O) groups is 1. The van der Waals surface area contributed by atoms with E-state index in [1.54, 1.807) is 0 Å². The van der Waals surface area contributed by atoms with Crippen molar-refractivity contribution in [1.29, 1.82) is 0 Å². The summed E-state index contributed by atoms with van der Waals surface area (Å²) in [6.45, 7) is 5.12. The Morgan fingerprint density at radius 3 is 2.85 bits per heavy atom. The number of nitrogens with one attached hydrogen (secondary N) is 1. The van der Waals surface area contributed by atoms with Gasteiger partial charge in [0.15, 0.2) is 0 Å². The third kappa shape index (κ3) is 3.17. The number of piperazine rings is 1. The van der Waals surface area contributed by atoms with E-state index in [1.165, 1.54) is 38.5 Å². The van der Waals surface area contributed by atoms with E-state index in [0.29, 0.717) is 12.6 Å². The van der Waals surface area contributed by atoms with E-state index in [9.17, 15) is 4.79 Å². The molecular weight excluding hydrogens is 252 g/mol. The fraction of sp³-hybridized carbons (Fsp3) is 0.938. The smallest absolute Gasteiger partial charge is 0.324 e. The van der Waals surface area contributed by atoms with Crippen LogP contribution < -0.4 is 5.32 Å². The summed E-state index contributed by atoms with van der Waals surface area (Å²) < 4.78 is 5.27. The first-order valence-electron chi connectivity index (χ1n) is 8.42. The fourth-order valence-electron chi connectivity index (χ4n) is 4.11. The molecule has 0 aromatic rings. The van der Waals surface area contributed by atoms with Gasteiger partial charge in [0.05, 0.1) is 6.61 Å². The highest BCUT2D eigenvalue weighted by molar-refractivity contribution is 5.76. The maximum absolute atomic E-state index is 12.2. The molecule has 0 aromatic heterocycles. The molecule has 2 aliphatic carbocycles. The molecular formula is C16H28N2O2. The highest BCUT2D eigenvalue weighted by Gasteiger charge is 2.40. The van der Waals surface area contributed by atoms with Gasteiger partial charge >= 0.3 is 5.97 Å². The molecule has 3 unspecified atom stereocenters. The number of hydrogen-bond donors (Lipinski definition) is 1. The second kappa shape index (κ2) is 6.44. The topological polar surface area (TPSA) is 41.6 Å². The summed E-state index contributed by atoms with van der Waals surface area (Å²) in [5.74, 6) is 1.89. The quantitative estimate of drug-likeness (QED) is 0.797. The van der Waals surface area contributed by atoms with Gasteiger partial charge in [0.25, 0.3) is 0 Å². The summed E-state index contributed by atoms with van der Waals surface area (Å²) in [4.78, 5) is 14.6. The summed E-state index contributed by atoms with van der Waals surface area (Å²) in [6.07, 6.45) is 8.21. The number of esters is 1. The number of carbonyl (C=O) groups excluding carboxylic acids is 1. The highest BCUT2D eigenvalue weighted by Crippen LogP contribution is 2.45. The molecule has 4 heteroatoms. The van der Waals surface area contributed by atoms with Crippen LogP contribution in [0, 0.1) is 11.8 Å². The second-order valence-electron chi connectivity index (χ2n) is 6.63. The molecule has 114 valence electrons. The van der Waals surface area contributed by atoms with Gasteiger partial charge in [-0.2, -0.15) is 0 Å². The molecule has 0 radical (unpaired) electrons. The highest BCUT2D eigenvalue weighted by atomic mass is 16.5. The minimum Gasteiger partial charge on any atom is -0.465 e. The van der Waals surface area contributed by atoms with Crippen molar-refractivity contribution in [1.82, 2.24) is 10.2 Å². The Balaban J connectivity index is 1.63. The third-order valence-electron chi connectivity index (χ3n) is 5.29. The Morgan fingerprint density at radius 1 is 1.25 bits per heavy atom. The molecule has 2 saturated carbocycles. The molecule has 4 nitrogen and oxygen atoms in total. The lowest BCUT2D eigenvalue weighted by Crippen LogP contribution is -2.59. The van der Waals surface area contributed by atoms with Crippen LogP contribution in [-0.2, 0) is 9.53 Å². The zero-order valence-electron chi connectivity index (χ0n) is 12.6. The number of nitrogens with zero attached hydrogens (tertiary/aromatic N) is 1. The minimum atomic E-state index is -0.0633. The Bertz CT molecular complexity index is 343. The first-order chi connectivity index (χ1) is 9.79. The van der Waals surface area contributed by atoms with E-state index in [0.717, 1.165) is 31.5 Å². The SMILES string of the molecule is CCOC(=O)C1CNCCN1C1CCCC(C2CC2)C1. The molecule has 0 bridgehead atoms. The molecule has 3 aliphatic rings. The maximum Gasteiger partial charge on any atom is 0.324 e. The van der Waals surface area contributed by atoms with Crippen LogP contribution in [0.5, 0.6) is 0 Å². The van der Waals surface area contributed by atoms with Crippen molar-refractivity contribution in [2.75, 3.05) is 26.2 Å². The molecule has 1 saturated heterocycles. The fourth-order valence-corrected chi connectivity index (χ4v) is 4.11. The lowest BCUT2D eigenvalue weighted by molar-refractivity contribution is -0.152. The summed E-state index contributed by atoms with van der Waals surface area (Å²) in [5.41, 5.74) is 0. The Labute approximate surface area is 122 Å². The first-order valence-corrected chi connectivity index (χ1v) is 8.42. The number of ether oxygens (including phenoxy) is 1. The first kappa shape index (κ1) is 14.3. The van der Waals surface area contributed by atoms with E-state index in [2.05, 4.69) is 10.2 Å². The van der Waals surface area contributed by atoms with E-state index in [4.69, 9.17) is 4.74 Å². The monoisotopic (exact) mass is 280 g/mol. The molecule has 0 amide bonds. The van der Waals surface area contributed by atoms with Crippen molar-refractivity contribution in [3.05, 3.63) is 0 Å². The zero-order chi connectivity index (χ0) is 13.9. The number of hydrogen-bond acceptors (Lipinski definition) is 4. The van der Waals surface area contributed by atoms with E-state index < -0.39 is 0 Å². The number of rotatable bonds is 4. The maximum atomic E-state index is 12.2.